The summed E-state index contributed by atoms with van der Waals surface area (Å²) in [6.45, 7) is 5.22. The van der Waals surface area contributed by atoms with Gasteiger partial charge in [-0.15, -0.1) is 0 Å². The van der Waals surface area contributed by atoms with E-state index < -0.39 is 0 Å². The molecule has 0 atom stereocenters. The topological polar surface area (TPSA) is 26.3 Å². The molecule has 0 heterocycles. The minimum atomic E-state index is 0.0201. The predicted octanol–water partition coefficient (Wildman–Crippen LogP) is 15.2. The Bertz CT molecular complexity index is 554. The van der Waals surface area contributed by atoms with Gasteiger partial charge in [-0.25, -0.2) is 0 Å². The highest BCUT2D eigenvalue weighted by Gasteiger charge is 2.02. The summed E-state index contributed by atoms with van der Waals surface area (Å²) in [7, 11) is 0. The smallest absolute Gasteiger partial charge is 0.305 e. The van der Waals surface area contributed by atoms with Gasteiger partial charge in [0.05, 0.1) is 6.61 Å². The van der Waals surface area contributed by atoms with Gasteiger partial charge >= 0.3 is 5.97 Å². The zero-order valence-electron chi connectivity index (χ0n) is 30.6. The number of carbonyl (C=O) groups excluding carboxylic acids is 1. The largest absolute Gasteiger partial charge is 0.466 e. The molecule has 0 aromatic heterocycles. The van der Waals surface area contributed by atoms with Gasteiger partial charge in [0.1, 0.15) is 0 Å². The Morgan fingerprint density at radius 3 is 0.977 bits per heavy atom. The van der Waals surface area contributed by atoms with Crippen LogP contribution >= 0.6 is 0 Å². The average Bonchev–Trinajstić information content (AvgIpc) is 3.03. The van der Waals surface area contributed by atoms with Gasteiger partial charge in [0.2, 0.25) is 0 Å². The molecule has 0 aliphatic heterocycles. The van der Waals surface area contributed by atoms with E-state index in [9.17, 15) is 4.79 Å². The van der Waals surface area contributed by atoms with E-state index in [0.717, 1.165) is 19.3 Å². The fourth-order valence-corrected chi connectivity index (χ4v) is 6.31. The van der Waals surface area contributed by atoms with Crippen molar-refractivity contribution in [3.8, 4) is 0 Å². The molecular weight excluding hydrogens is 536 g/mol. The zero-order valence-corrected chi connectivity index (χ0v) is 30.6. The zero-order chi connectivity index (χ0) is 31.9. The number of hydrogen-bond donors (Lipinski definition) is 0. The number of rotatable bonds is 38. The first-order valence-corrected chi connectivity index (χ1v) is 20.6. The third-order valence-corrected chi connectivity index (χ3v) is 9.40. The van der Waals surface area contributed by atoms with Gasteiger partial charge in [0, 0.05) is 6.42 Å². The van der Waals surface area contributed by atoms with Crippen molar-refractivity contribution in [2.75, 3.05) is 6.61 Å². The normalized spacial score (nSPS) is 11.6. The van der Waals surface area contributed by atoms with E-state index in [2.05, 4.69) is 26.0 Å². The number of esters is 1. The molecule has 0 bridgehead atoms. The Balaban J connectivity index is 3.19. The van der Waals surface area contributed by atoms with Crippen LogP contribution in [0.5, 0.6) is 0 Å². The minimum Gasteiger partial charge on any atom is -0.466 e. The van der Waals surface area contributed by atoms with Gasteiger partial charge in [0.15, 0.2) is 0 Å². The Morgan fingerprint density at radius 1 is 0.364 bits per heavy atom. The van der Waals surface area contributed by atoms with Gasteiger partial charge in [0.25, 0.3) is 0 Å². The Morgan fingerprint density at radius 2 is 0.636 bits per heavy atom. The maximum Gasteiger partial charge on any atom is 0.305 e. The maximum absolute atomic E-state index is 12.0. The number of allylic oxidation sites excluding steroid dienone is 2. The summed E-state index contributed by atoms with van der Waals surface area (Å²) in [6.07, 6.45) is 53.0. The van der Waals surface area contributed by atoms with E-state index >= 15 is 0 Å². The highest BCUT2D eigenvalue weighted by molar-refractivity contribution is 5.69. The highest BCUT2D eigenvalue weighted by atomic mass is 16.5. The lowest BCUT2D eigenvalue weighted by Crippen LogP contribution is -2.05. The maximum atomic E-state index is 12.0. The van der Waals surface area contributed by atoms with Crippen LogP contribution in [-0.2, 0) is 9.53 Å². The standard InChI is InChI=1S/C42H82O2/c1-3-5-7-9-11-13-15-17-19-21-22-23-24-25-26-28-30-32-34-36-38-40-42(43)44-41-39-37-35-33-31-29-27-20-18-16-14-12-10-8-6-4-2/h25-26H,3-24,27-41H2,1-2H3/b26-25-. The second kappa shape index (κ2) is 40.2. The van der Waals surface area contributed by atoms with Crippen LogP contribution in [0.3, 0.4) is 0 Å². The van der Waals surface area contributed by atoms with Crippen LogP contribution in [0.15, 0.2) is 12.2 Å². The Hall–Kier alpha value is -0.790. The van der Waals surface area contributed by atoms with Crippen molar-refractivity contribution in [3.63, 3.8) is 0 Å². The van der Waals surface area contributed by atoms with Crippen LogP contribution in [-0.4, -0.2) is 12.6 Å². The van der Waals surface area contributed by atoms with E-state index in [1.54, 1.807) is 0 Å². The van der Waals surface area contributed by atoms with Gasteiger partial charge in [-0.2, -0.15) is 0 Å². The average molecular weight is 619 g/mol. The lowest BCUT2D eigenvalue weighted by atomic mass is 10.0. The van der Waals surface area contributed by atoms with Crippen LogP contribution in [0.4, 0.5) is 0 Å². The third kappa shape index (κ3) is 39.2. The SMILES string of the molecule is CCCCCCCCCCCCCC/C=C\CCCCCCCC(=O)OCCCCCCCCCCCCCCCCCC. The van der Waals surface area contributed by atoms with Crippen molar-refractivity contribution >= 4 is 5.97 Å². The molecule has 0 aromatic carbocycles. The molecule has 0 saturated heterocycles. The third-order valence-electron chi connectivity index (χ3n) is 9.40. The second-order valence-electron chi connectivity index (χ2n) is 14.0. The van der Waals surface area contributed by atoms with Crippen molar-refractivity contribution in [3.05, 3.63) is 12.2 Å². The molecule has 262 valence electrons. The van der Waals surface area contributed by atoms with Crippen LogP contribution in [0, 0.1) is 0 Å². The number of hydrogen-bond acceptors (Lipinski definition) is 2. The molecule has 2 heteroatoms. The van der Waals surface area contributed by atoms with Gasteiger partial charge < -0.3 is 4.74 Å². The first kappa shape index (κ1) is 43.2. The summed E-state index contributed by atoms with van der Waals surface area (Å²) in [5.74, 6) is 0.0201. The Labute approximate surface area is 278 Å². The minimum absolute atomic E-state index is 0.0201. The molecule has 0 spiro atoms. The number of carbonyl (C=O) groups is 1. The van der Waals surface area contributed by atoms with E-state index in [1.165, 1.54) is 205 Å². The van der Waals surface area contributed by atoms with Gasteiger partial charge in [-0.05, 0) is 38.5 Å². The summed E-state index contributed by atoms with van der Waals surface area (Å²) in [4.78, 5) is 12.0. The van der Waals surface area contributed by atoms with Crippen LogP contribution < -0.4 is 0 Å². The van der Waals surface area contributed by atoms with E-state index in [-0.39, 0.29) is 5.97 Å². The summed E-state index contributed by atoms with van der Waals surface area (Å²) in [6, 6.07) is 0. The molecule has 0 radical (unpaired) electrons. The molecule has 0 aliphatic carbocycles. The lowest BCUT2D eigenvalue weighted by Gasteiger charge is -2.05. The van der Waals surface area contributed by atoms with Crippen molar-refractivity contribution in [2.45, 2.75) is 245 Å². The summed E-state index contributed by atoms with van der Waals surface area (Å²) in [5.41, 5.74) is 0. The molecule has 0 unspecified atom stereocenters. The van der Waals surface area contributed by atoms with Gasteiger partial charge in [-0.3, -0.25) is 4.79 Å². The Kier molecular flexibility index (Phi) is 39.5. The first-order chi connectivity index (χ1) is 21.8. The molecular formula is C42H82O2. The summed E-state index contributed by atoms with van der Waals surface area (Å²) >= 11 is 0. The van der Waals surface area contributed by atoms with Crippen molar-refractivity contribution < 1.29 is 9.53 Å². The number of unbranched alkanes of at least 4 members (excludes halogenated alkanes) is 32. The predicted molar refractivity (Wildman–Crippen MR) is 198 cm³/mol. The molecule has 44 heavy (non-hydrogen) atoms. The second-order valence-corrected chi connectivity index (χ2v) is 14.0. The molecule has 0 N–H and O–H groups in total. The van der Waals surface area contributed by atoms with E-state index in [4.69, 9.17) is 4.74 Å². The first-order valence-electron chi connectivity index (χ1n) is 20.6. The van der Waals surface area contributed by atoms with Gasteiger partial charge in [-0.1, -0.05) is 212 Å². The molecule has 0 rings (SSSR count). The summed E-state index contributed by atoms with van der Waals surface area (Å²) in [5, 5.41) is 0. The molecule has 2 nitrogen and oxygen atoms in total. The van der Waals surface area contributed by atoms with Crippen molar-refractivity contribution in [2.24, 2.45) is 0 Å². The molecule has 0 fully saturated rings. The quantitative estimate of drug-likeness (QED) is 0.0391. The van der Waals surface area contributed by atoms with Crippen molar-refractivity contribution in [1.29, 1.82) is 0 Å². The highest BCUT2D eigenvalue weighted by Crippen LogP contribution is 2.15. The molecule has 0 aliphatic rings. The lowest BCUT2D eigenvalue weighted by molar-refractivity contribution is -0.143. The molecule has 0 aromatic rings. The van der Waals surface area contributed by atoms with E-state index in [0.29, 0.717) is 13.0 Å². The van der Waals surface area contributed by atoms with Crippen LogP contribution in [0.2, 0.25) is 0 Å². The van der Waals surface area contributed by atoms with Crippen LogP contribution in [0.25, 0.3) is 0 Å². The fourth-order valence-electron chi connectivity index (χ4n) is 6.31. The van der Waals surface area contributed by atoms with Crippen molar-refractivity contribution in [1.82, 2.24) is 0 Å². The summed E-state index contributed by atoms with van der Waals surface area (Å²) < 4.78 is 5.46. The van der Waals surface area contributed by atoms with Crippen LogP contribution in [0.1, 0.15) is 245 Å². The fraction of sp³-hybridized carbons (Fsp3) is 0.929. The molecule has 0 amide bonds. The monoisotopic (exact) mass is 619 g/mol. The molecule has 0 saturated carbocycles. The number of ether oxygens (including phenoxy) is 1. The van der Waals surface area contributed by atoms with E-state index in [1.807, 2.05) is 0 Å².